The van der Waals surface area contributed by atoms with E-state index in [0.29, 0.717) is 5.92 Å². The number of hydrogen-bond donors (Lipinski definition) is 2. The Hall–Kier alpha value is -1.23. The molecule has 1 fully saturated rings. The van der Waals surface area contributed by atoms with E-state index in [4.69, 9.17) is 5.73 Å². The van der Waals surface area contributed by atoms with Crippen LogP contribution in [0.4, 0.5) is 11.5 Å². The van der Waals surface area contributed by atoms with Crippen LogP contribution in [0.15, 0.2) is 0 Å². The van der Waals surface area contributed by atoms with Gasteiger partial charge in [-0.2, -0.15) is 5.10 Å². The SMILES string of the molecule is CC(C)c1nn(C)c(NN2CCCCC2)c1N. The summed E-state index contributed by atoms with van der Waals surface area (Å²) in [5.41, 5.74) is 11.3. The summed E-state index contributed by atoms with van der Waals surface area (Å²) in [5.74, 6) is 1.29. The zero-order valence-corrected chi connectivity index (χ0v) is 11.0. The minimum absolute atomic E-state index is 0.359. The number of nitrogens with one attached hydrogen (secondary N) is 1. The first kappa shape index (κ1) is 12.2. The highest BCUT2D eigenvalue weighted by Gasteiger charge is 2.18. The fraction of sp³-hybridized carbons (Fsp3) is 0.750. The lowest BCUT2D eigenvalue weighted by atomic mass is 10.1. The predicted octanol–water partition coefficient (Wildman–Crippen LogP) is 1.94. The quantitative estimate of drug-likeness (QED) is 0.843. The fourth-order valence-corrected chi connectivity index (χ4v) is 2.28. The third kappa shape index (κ3) is 2.54. The van der Waals surface area contributed by atoms with Crippen LogP contribution in [-0.2, 0) is 7.05 Å². The lowest BCUT2D eigenvalue weighted by molar-refractivity contribution is 0.271. The maximum atomic E-state index is 6.15. The molecule has 0 aromatic carbocycles. The second kappa shape index (κ2) is 4.96. The van der Waals surface area contributed by atoms with Gasteiger partial charge in [0.05, 0.1) is 11.4 Å². The largest absolute Gasteiger partial charge is 0.394 e. The molecule has 1 saturated heterocycles. The molecule has 1 aromatic rings. The summed E-state index contributed by atoms with van der Waals surface area (Å²) in [4.78, 5) is 0. The van der Waals surface area contributed by atoms with Crippen molar-refractivity contribution in [3.63, 3.8) is 0 Å². The molecule has 0 radical (unpaired) electrons. The molecule has 1 aliphatic rings. The van der Waals surface area contributed by atoms with Crippen molar-refractivity contribution in [3.05, 3.63) is 5.69 Å². The lowest BCUT2D eigenvalue weighted by Gasteiger charge is -2.27. The Morgan fingerprint density at radius 3 is 2.41 bits per heavy atom. The molecule has 2 rings (SSSR count). The molecule has 0 bridgehead atoms. The molecule has 0 atom stereocenters. The first-order chi connectivity index (χ1) is 8.09. The van der Waals surface area contributed by atoms with Gasteiger partial charge in [-0.15, -0.1) is 0 Å². The van der Waals surface area contributed by atoms with E-state index >= 15 is 0 Å². The van der Waals surface area contributed by atoms with Crippen molar-refractivity contribution in [1.29, 1.82) is 0 Å². The summed E-state index contributed by atoms with van der Waals surface area (Å²) in [6.45, 7) is 6.40. The second-order valence-electron chi connectivity index (χ2n) is 5.09. The molecule has 0 saturated carbocycles. The molecule has 2 heterocycles. The van der Waals surface area contributed by atoms with E-state index in [1.807, 2.05) is 11.7 Å². The molecular formula is C12H23N5. The molecule has 0 unspecified atom stereocenters. The predicted molar refractivity (Wildman–Crippen MR) is 70.8 cm³/mol. The van der Waals surface area contributed by atoms with Gasteiger partial charge in [-0.05, 0) is 18.8 Å². The van der Waals surface area contributed by atoms with Gasteiger partial charge in [0.15, 0.2) is 5.82 Å². The number of piperidine rings is 1. The van der Waals surface area contributed by atoms with Crippen LogP contribution in [0, 0.1) is 0 Å². The minimum Gasteiger partial charge on any atom is -0.394 e. The number of hydrogen-bond acceptors (Lipinski definition) is 4. The van der Waals surface area contributed by atoms with E-state index in [-0.39, 0.29) is 0 Å². The average Bonchev–Trinajstić information content (AvgIpc) is 2.58. The van der Waals surface area contributed by atoms with Crippen molar-refractivity contribution in [2.45, 2.75) is 39.0 Å². The van der Waals surface area contributed by atoms with Crippen LogP contribution in [0.1, 0.15) is 44.7 Å². The summed E-state index contributed by atoms with van der Waals surface area (Å²) in [6.07, 6.45) is 3.83. The molecule has 0 spiro atoms. The van der Waals surface area contributed by atoms with Crippen molar-refractivity contribution < 1.29 is 0 Å². The first-order valence-electron chi connectivity index (χ1n) is 6.43. The molecule has 3 N–H and O–H groups in total. The third-order valence-corrected chi connectivity index (χ3v) is 3.28. The Morgan fingerprint density at radius 1 is 1.24 bits per heavy atom. The maximum absolute atomic E-state index is 6.15. The molecular weight excluding hydrogens is 214 g/mol. The minimum atomic E-state index is 0.359. The summed E-state index contributed by atoms with van der Waals surface area (Å²) in [5, 5.41) is 6.71. The van der Waals surface area contributed by atoms with E-state index in [1.54, 1.807) is 0 Å². The zero-order chi connectivity index (χ0) is 12.4. The average molecular weight is 237 g/mol. The van der Waals surface area contributed by atoms with Gasteiger partial charge in [0.25, 0.3) is 0 Å². The molecule has 17 heavy (non-hydrogen) atoms. The summed E-state index contributed by atoms with van der Waals surface area (Å²) < 4.78 is 1.85. The number of nitrogens with zero attached hydrogens (tertiary/aromatic N) is 3. The van der Waals surface area contributed by atoms with Crippen LogP contribution < -0.4 is 11.2 Å². The van der Waals surface area contributed by atoms with Gasteiger partial charge in [0.2, 0.25) is 0 Å². The van der Waals surface area contributed by atoms with Crippen molar-refractivity contribution >= 4 is 11.5 Å². The molecule has 0 amide bonds. The Bertz CT molecular complexity index is 376. The number of anilines is 2. The van der Waals surface area contributed by atoms with Crippen LogP contribution in [0.2, 0.25) is 0 Å². The highest BCUT2D eigenvalue weighted by Crippen LogP contribution is 2.28. The van der Waals surface area contributed by atoms with Crippen LogP contribution in [0.25, 0.3) is 0 Å². The topological polar surface area (TPSA) is 59.1 Å². The normalized spacial score (nSPS) is 17.6. The summed E-state index contributed by atoms with van der Waals surface area (Å²) in [7, 11) is 1.94. The van der Waals surface area contributed by atoms with Gasteiger partial charge in [0, 0.05) is 20.1 Å². The van der Waals surface area contributed by atoms with Crippen molar-refractivity contribution in [2.24, 2.45) is 7.05 Å². The molecule has 5 nitrogen and oxygen atoms in total. The van der Waals surface area contributed by atoms with Gasteiger partial charge in [0.1, 0.15) is 0 Å². The van der Waals surface area contributed by atoms with Gasteiger partial charge in [-0.25, -0.2) is 9.69 Å². The molecule has 0 aliphatic carbocycles. The van der Waals surface area contributed by atoms with Crippen LogP contribution >= 0.6 is 0 Å². The monoisotopic (exact) mass is 237 g/mol. The van der Waals surface area contributed by atoms with E-state index in [0.717, 1.165) is 30.3 Å². The van der Waals surface area contributed by atoms with Crippen molar-refractivity contribution in [1.82, 2.24) is 14.8 Å². The standard InChI is InChI=1S/C12H23N5/c1-9(2)11-10(13)12(16(3)14-11)15-17-7-5-4-6-8-17/h9,15H,4-8,13H2,1-3H3. The van der Waals surface area contributed by atoms with Gasteiger partial charge in [-0.1, -0.05) is 20.3 Å². The summed E-state index contributed by atoms with van der Waals surface area (Å²) >= 11 is 0. The number of aryl methyl sites for hydroxylation is 1. The number of hydrazine groups is 1. The van der Waals surface area contributed by atoms with Crippen LogP contribution in [-0.4, -0.2) is 27.9 Å². The van der Waals surface area contributed by atoms with Gasteiger partial charge < -0.3 is 11.2 Å². The lowest BCUT2D eigenvalue weighted by Crippen LogP contribution is -2.35. The fourth-order valence-electron chi connectivity index (χ4n) is 2.28. The Labute approximate surface area is 103 Å². The van der Waals surface area contributed by atoms with Gasteiger partial charge >= 0.3 is 0 Å². The smallest absolute Gasteiger partial charge is 0.162 e. The Kier molecular flexibility index (Phi) is 3.57. The molecule has 1 aromatic heterocycles. The van der Waals surface area contributed by atoms with Crippen molar-refractivity contribution in [3.8, 4) is 0 Å². The zero-order valence-electron chi connectivity index (χ0n) is 11.0. The van der Waals surface area contributed by atoms with Crippen molar-refractivity contribution in [2.75, 3.05) is 24.2 Å². The Balaban J connectivity index is 2.14. The molecule has 1 aliphatic heterocycles. The first-order valence-corrected chi connectivity index (χ1v) is 6.43. The highest BCUT2D eigenvalue weighted by atomic mass is 15.5. The van der Waals surface area contributed by atoms with Crippen LogP contribution in [0.3, 0.4) is 0 Å². The van der Waals surface area contributed by atoms with E-state index < -0.39 is 0 Å². The highest BCUT2D eigenvalue weighted by molar-refractivity contribution is 5.65. The summed E-state index contributed by atoms with van der Waals surface area (Å²) in [6, 6.07) is 0. The van der Waals surface area contributed by atoms with E-state index in [9.17, 15) is 0 Å². The number of nitrogens with two attached hydrogens (primary N) is 1. The third-order valence-electron chi connectivity index (χ3n) is 3.28. The Morgan fingerprint density at radius 2 is 1.88 bits per heavy atom. The number of nitrogen functional groups attached to an aromatic ring is 1. The van der Waals surface area contributed by atoms with Gasteiger partial charge in [-0.3, -0.25) is 0 Å². The molecule has 5 heteroatoms. The number of aromatic nitrogens is 2. The van der Waals surface area contributed by atoms with Crippen LogP contribution in [0.5, 0.6) is 0 Å². The number of rotatable bonds is 3. The van der Waals surface area contributed by atoms with E-state index in [2.05, 4.69) is 29.4 Å². The second-order valence-corrected chi connectivity index (χ2v) is 5.09. The molecule has 96 valence electrons. The maximum Gasteiger partial charge on any atom is 0.162 e. The van der Waals surface area contributed by atoms with E-state index in [1.165, 1.54) is 19.3 Å².